The van der Waals surface area contributed by atoms with Crippen LogP contribution in [0.5, 0.6) is 0 Å². The molecule has 0 bridgehead atoms. The Morgan fingerprint density at radius 2 is 2.30 bits per heavy atom. The van der Waals surface area contributed by atoms with Gasteiger partial charge in [-0.3, -0.25) is 9.79 Å². The van der Waals surface area contributed by atoms with Crippen molar-refractivity contribution < 1.29 is 9.18 Å². The predicted octanol–water partition coefficient (Wildman–Crippen LogP) is 1.62. The number of hydrogen-bond acceptors (Lipinski definition) is 2. The van der Waals surface area contributed by atoms with Crippen molar-refractivity contribution in [2.75, 3.05) is 0 Å². The van der Waals surface area contributed by atoms with Crippen molar-refractivity contribution in [1.82, 2.24) is 0 Å². The maximum Gasteiger partial charge on any atom is 0.171 e. The van der Waals surface area contributed by atoms with E-state index in [0.29, 0.717) is 19.1 Å². The fourth-order valence-electron chi connectivity index (χ4n) is 0.831. The van der Waals surface area contributed by atoms with Gasteiger partial charge in [-0.25, -0.2) is 4.39 Å². The zero-order valence-electron chi connectivity index (χ0n) is 5.72. The summed E-state index contributed by atoms with van der Waals surface area (Å²) >= 11 is 0. The lowest BCUT2D eigenvalue weighted by Crippen LogP contribution is -2.01. The van der Waals surface area contributed by atoms with Gasteiger partial charge in [0.25, 0.3) is 0 Å². The van der Waals surface area contributed by atoms with E-state index in [1.807, 2.05) is 0 Å². The summed E-state index contributed by atoms with van der Waals surface area (Å²) in [5.74, 6) is -0.388. The predicted molar refractivity (Wildman–Crippen MR) is 36.5 cm³/mol. The van der Waals surface area contributed by atoms with E-state index in [1.165, 1.54) is 0 Å². The Morgan fingerprint density at radius 3 is 2.80 bits per heavy atom. The summed E-state index contributed by atoms with van der Waals surface area (Å²) in [5, 5.41) is 0. The molecule has 0 aromatic carbocycles. The van der Waals surface area contributed by atoms with Crippen molar-refractivity contribution in [3.8, 4) is 0 Å². The molecule has 0 saturated heterocycles. The zero-order valence-corrected chi connectivity index (χ0v) is 5.72. The van der Waals surface area contributed by atoms with E-state index in [4.69, 9.17) is 0 Å². The third-order valence-electron chi connectivity index (χ3n) is 1.41. The first-order chi connectivity index (χ1) is 4.74. The quantitative estimate of drug-likeness (QED) is 0.510. The van der Waals surface area contributed by atoms with Gasteiger partial charge in [-0.15, -0.1) is 0 Å². The minimum atomic E-state index is -0.388. The van der Waals surface area contributed by atoms with Crippen LogP contribution in [-0.4, -0.2) is 12.0 Å². The van der Waals surface area contributed by atoms with Crippen molar-refractivity contribution in [1.29, 1.82) is 0 Å². The van der Waals surface area contributed by atoms with E-state index in [-0.39, 0.29) is 11.5 Å². The Bertz CT molecular complexity index is 218. The molecule has 10 heavy (non-hydrogen) atoms. The monoisotopic (exact) mass is 141 g/mol. The topological polar surface area (TPSA) is 29.4 Å². The van der Waals surface area contributed by atoms with Crippen LogP contribution < -0.4 is 0 Å². The third-order valence-corrected chi connectivity index (χ3v) is 1.41. The van der Waals surface area contributed by atoms with Gasteiger partial charge in [-0.1, -0.05) is 0 Å². The molecule has 0 amide bonds. The normalized spacial score (nSPS) is 18.8. The average molecular weight is 141 g/mol. The minimum Gasteiger partial charge on any atom is -0.296 e. The first-order valence-electron chi connectivity index (χ1n) is 3.12. The van der Waals surface area contributed by atoms with Crippen LogP contribution in [0, 0.1) is 0 Å². The fraction of sp³-hybridized carbons (Fsp3) is 0.429. The summed E-state index contributed by atoms with van der Waals surface area (Å²) in [5.41, 5.74) is 0.784. The van der Waals surface area contributed by atoms with E-state index >= 15 is 0 Å². The first kappa shape index (κ1) is 7.12. The molecular weight excluding hydrogens is 133 g/mol. The van der Waals surface area contributed by atoms with Gasteiger partial charge >= 0.3 is 0 Å². The van der Waals surface area contributed by atoms with Gasteiger partial charge in [0.2, 0.25) is 0 Å². The molecular formula is C7H8FNO. The Hall–Kier alpha value is -0.990. The third kappa shape index (κ3) is 1.29. The van der Waals surface area contributed by atoms with Crippen LogP contribution in [-0.2, 0) is 4.79 Å². The Kier molecular flexibility index (Phi) is 1.94. The maximum atomic E-state index is 12.6. The number of nitrogens with zero attached hydrogens (tertiary/aromatic N) is 1. The molecule has 0 saturated carbocycles. The summed E-state index contributed by atoms with van der Waals surface area (Å²) in [7, 11) is 0. The highest BCUT2D eigenvalue weighted by Crippen LogP contribution is 2.18. The number of rotatable bonds is 1. The smallest absolute Gasteiger partial charge is 0.171 e. The molecule has 0 unspecified atom stereocenters. The molecule has 1 rings (SSSR count). The summed E-state index contributed by atoms with van der Waals surface area (Å²) in [4.78, 5) is 13.8. The molecule has 0 N–H and O–H groups in total. The van der Waals surface area contributed by atoms with E-state index in [1.54, 1.807) is 6.92 Å². The van der Waals surface area contributed by atoms with Crippen molar-refractivity contribution in [3.63, 3.8) is 0 Å². The van der Waals surface area contributed by atoms with Crippen molar-refractivity contribution in [2.24, 2.45) is 4.99 Å². The van der Waals surface area contributed by atoms with Gasteiger partial charge in [0.15, 0.2) is 6.29 Å². The van der Waals surface area contributed by atoms with Gasteiger partial charge in [0.1, 0.15) is 11.5 Å². The summed E-state index contributed by atoms with van der Waals surface area (Å²) in [6, 6.07) is 0. The van der Waals surface area contributed by atoms with Crippen LogP contribution in [0.4, 0.5) is 4.39 Å². The lowest BCUT2D eigenvalue weighted by atomic mass is 10.1. The molecule has 0 atom stereocenters. The molecule has 0 fully saturated rings. The van der Waals surface area contributed by atoms with Gasteiger partial charge in [-0.05, 0) is 13.3 Å². The van der Waals surface area contributed by atoms with Gasteiger partial charge < -0.3 is 0 Å². The molecule has 1 heterocycles. The van der Waals surface area contributed by atoms with Crippen molar-refractivity contribution in [3.05, 3.63) is 11.5 Å². The molecule has 1 aliphatic heterocycles. The number of carbonyl (C=O) groups excluding carboxylic acids is 1. The number of allylic oxidation sites excluding steroid dienone is 2. The number of aldehydes is 1. The Balaban J connectivity index is 2.92. The van der Waals surface area contributed by atoms with Gasteiger partial charge in [0.05, 0.1) is 0 Å². The second kappa shape index (κ2) is 2.73. The van der Waals surface area contributed by atoms with Gasteiger partial charge in [0, 0.05) is 12.1 Å². The average Bonchev–Trinajstić information content (AvgIpc) is 1.94. The summed E-state index contributed by atoms with van der Waals surface area (Å²) in [6.07, 6.45) is 1.41. The highest BCUT2D eigenvalue weighted by Gasteiger charge is 2.10. The lowest BCUT2D eigenvalue weighted by Gasteiger charge is -2.06. The Morgan fingerprint density at radius 1 is 1.60 bits per heavy atom. The maximum absolute atomic E-state index is 12.6. The number of halogens is 1. The standard InChI is InChI=1S/C7H8FNO/c1-5-2-3-6(8)7(4-10)9-5/h4H,2-3H2,1H3. The second-order valence-corrected chi connectivity index (χ2v) is 2.26. The van der Waals surface area contributed by atoms with Crippen molar-refractivity contribution >= 4 is 12.0 Å². The molecule has 54 valence electrons. The molecule has 0 aliphatic carbocycles. The van der Waals surface area contributed by atoms with Crippen LogP contribution in [0.1, 0.15) is 19.8 Å². The molecule has 1 aliphatic rings. The summed E-state index contributed by atoms with van der Waals surface area (Å²) < 4.78 is 12.6. The first-order valence-corrected chi connectivity index (χ1v) is 3.12. The molecule has 2 nitrogen and oxygen atoms in total. The number of aliphatic imine (C=N–C) groups is 1. The van der Waals surface area contributed by atoms with E-state index < -0.39 is 0 Å². The molecule has 0 spiro atoms. The van der Waals surface area contributed by atoms with Crippen molar-refractivity contribution in [2.45, 2.75) is 19.8 Å². The fourth-order valence-corrected chi connectivity index (χ4v) is 0.831. The lowest BCUT2D eigenvalue weighted by molar-refractivity contribution is -0.105. The van der Waals surface area contributed by atoms with E-state index in [2.05, 4.69) is 4.99 Å². The molecule has 0 aromatic rings. The minimum absolute atomic E-state index is 0.0382. The van der Waals surface area contributed by atoms with Crippen LogP contribution in [0.15, 0.2) is 16.5 Å². The van der Waals surface area contributed by atoms with Crippen LogP contribution in [0.2, 0.25) is 0 Å². The number of carbonyl (C=O) groups is 1. The SMILES string of the molecule is CC1=NC(C=O)=C(F)CC1. The molecule has 0 aromatic heterocycles. The van der Waals surface area contributed by atoms with Gasteiger partial charge in [-0.2, -0.15) is 0 Å². The van der Waals surface area contributed by atoms with E-state index in [0.717, 1.165) is 5.71 Å². The highest BCUT2D eigenvalue weighted by atomic mass is 19.1. The Labute approximate surface area is 58.5 Å². The zero-order chi connectivity index (χ0) is 7.56. The largest absolute Gasteiger partial charge is 0.296 e. The molecule has 0 radical (unpaired) electrons. The van der Waals surface area contributed by atoms with Crippen LogP contribution in [0.25, 0.3) is 0 Å². The van der Waals surface area contributed by atoms with Crippen LogP contribution >= 0.6 is 0 Å². The van der Waals surface area contributed by atoms with E-state index in [9.17, 15) is 9.18 Å². The second-order valence-electron chi connectivity index (χ2n) is 2.26. The summed E-state index contributed by atoms with van der Waals surface area (Å²) in [6.45, 7) is 1.79. The van der Waals surface area contributed by atoms with Crippen LogP contribution in [0.3, 0.4) is 0 Å². The molecule has 3 heteroatoms. The number of hydrogen-bond donors (Lipinski definition) is 0. The highest BCUT2D eigenvalue weighted by molar-refractivity contribution is 5.89.